The Morgan fingerprint density at radius 2 is 0.736 bits per heavy atom. The molecule has 0 amide bonds. The quantitative estimate of drug-likeness (QED) is 0.00687. The number of carbonyl (C=O) groups is 2. The van der Waals surface area contributed by atoms with E-state index >= 15 is 0 Å². The molecule has 4 aliphatic heterocycles. The van der Waals surface area contributed by atoms with Crippen molar-refractivity contribution in [1.29, 1.82) is 0 Å². The van der Waals surface area contributed by atoms with Gasteiger partial charge in [-0.15, -0.1) is 26.0 Å². The van der Waals surface area contributed by atoms with Crippen molar-refractivity contribution >= 4 is 138 Å². The molecule has 8 unspecified atom stereocenters. The van der Waals surface area contributed by atoms with Gasteiger partial charge in [0, 0.05) is 0 Å². The third kappa shape index (κ3) is 27.8. The van der Waals surface area contributed by atoms with Crippen LogP contribution in [0.4, 0.5) is 0 Å². The second kappa shape index (κ2) is 39.1. The lowest BCUT2D eigenvalue weighted by molar-refractivity contribution is -0.436. The summed E-state index contributed by atoms with van der Waals surface area (Å²) >= 11 is -2.41. The second-order valence-electron chi connectivity index (χ2n) is 16.0. The molecule has 0 spiro atoms. The predicted molar refractivity (Wildman–Crippen MR) is 262 cm³/mol. The van der Waals surface area contributed by atoms with Crippen LogP contribution in [0.3, 0.4) is 0 Å². The van der Waals surface area contributed by atoms with Crippen LogP contribution in [-0.2, 0) is 189 Å². The summed E-state index contributed by atoms with van der Waals surface area (Å²) in [5.74, 6) is -4.54. The van der Waals surface area contributed by atoms with Crippen molar-refractivity contribution in [1.82, 2.24) is 9.44 Å². The third-order valence-electron chi connectivity index (χ3n) is 10.7. The Morgan fingerprint density at radius 3 is 1.13 bits per heavy atom. The van der Waals surface area contributed by atoms with E-state index in [2.05, 4.69) is 82.4 Å². The normalized spacial score (nSPS) is 33.0. The molecule has 0 aromatic rings. The van der Waals surface area contributed by atoms with Gasteiger partial charge in [0.2, 0.25) is 0 Å². The van der Waals surface area contributed by atoms with Crippen molar-refractivity contribution in [3.05, 3.63) is 0 Å². The summed E-state index contributed by atoms with van der Waals surface area (Å²) in [5.41, 5.74) is 0. The molecule has 55 nitrogen and oxygen atoms in total. The van der Waals surface area contributed by atoms with Gasteiger partial charge in [0.05, 0.1) is 19.3 Å². The van der Waals surface area contributed by atoms with Crippen LogP contribution in [0, 0.1) is 0 Å². The number of carboxylic acid groups (broad SMARTS) is 2. The number of hydrogen-bond donors (Lipinski definition) is 15. The second-order valence-corrected chi connectivity index (χ2v) is 24.2. The van der Waals surface area contributed by atoms with E-state index in [1.54, 1.807) is 0 Å². The van der Waals surface area contributed by atoms with Gasteiger partial charge in [0.25, 0.3) is 0 Å². The first-order valence-electron chi connectivity index (χ1n) is 21.8. The minimum Gasteiger partial charge on any atom is -0.479 e. The number of aliphatic carboxylic acids is 2. The molecule has 0 aromatic heterocycles. The van der Waals surface area contributed by atoms with Crippen molar-refractivity contribution in [2.45, 2.75) is 129 Å². The number of ether oxygens (including phenoxy) is 7. The summed E-state index contributed by atoms with van der Waals surface area (Å²) in [5, 5.41) is 95.4. The lowest BCUT2D eigenvalue weighted by Gasteiger charge is -2.50. The maximum absolute atomic E-state index is 13.5. The zero-order valence-corrected chi connectivity index (χ0v) is 51.6. The fraction of sp³-hybridized carbons (Fsp3) is 0.920. The van der Waals surface area contributed by atoms with E-state index in [4.69, 9.17) is 85.6 Å². The predicted octanol–water partition coefficient (Wildman–Crippen LogP) is -4.16. The summed E-state index contributed by atoms with van der Waals surface area (Å²) in [6.07, 6.45) is -47.5. The SMILES string of the molecule is C[C@H]1O[C@@H](C(=O)O)[C@@H](O[C@@H]2OC(COS(=O)(=O)O)[C@H](O[C@@H]3OC(C(=O)O)[C@H](O[C@@H]4OC(COS(=O)(=O)O)[C@H](OSOOO)[C@H](OSOOO)C4NSOOO)[C@H](OSOOO)C3OS(=O)(=O)O)[C@H](OSOOO)C2NSOOO)C(OS(=O)(=O)O)C1OS(=O)(=O)O. The Morgan fingerprint density at radius 1 is 0.396 bits per heavy atom. The summed E-state index contributed by atoms with van der Waals surface area (Å²) in [4.78, 5) is 26.2. The molecule has 4 fully saturated rings. The molecule has 536 valence electrons. The molecule has 15 N–H and O–H groups in total. The molecule has 0 bridgehead atoms. The standard InChI is InChI=1S/C25H42N2O53S11/c1-4-9(66-89(44,45)46)17(67-90(47,48)49)15(18(55-4)21(28)29)60-23-7(26-81-75-69-32)12(63-84-78-72-35)10(5(56-23)2-53-87(38,39)40)58-25-20(68-91(50,51)52)16(65-86-80-74-37)14(19(61-25)22(30)31)59-24-8(27-82-76-70-33)13(64-85-79-73-36)11(62-83-77-71-34)6(57-24)3-54-88(41,42)43/h4-20,23-27,32-37H,2-3H2,1H3,(H,28,29)(H,30,31)(H,38,39,40)(H,41,42,43)(H,44,45,46)(H,47,48,49)(H,50,51,52)/t4-,5?,6?,7?,8?,9?,10+,11+,12-,13-,14-,15+,16+,17?,18-,19?,20?,23+,24+,25-/m1/s1. The van der Waals surface area contributed by atoms with Gasteiger partial charge in [-0.1, -0.05) is 30.2 Å². The zero-order valence-electron chi connectivity index (χ0n) is 42.6. The number of carboxylic acids is 2. The molecule has 4 rings (SSSR count). The van der Waals surface area contributed by atoms with Crippen LogP contribution in [0.15, 0.2) is 0 Å². The van der Waals surface area contributed by atoms with Crippen LogP contribution in [0.1, 0.15) is 6.92 Å². The van der Waals surface area contributed by atoms with Crippen LogP contribution in [0.25, 0.3) is 0 Å². The van der Waals surface area contributed by atoms with Gasteiger partial charge in [0.15, 0.2) is 86.5 Å². The molecule has 0 aromatic carbocycles. The highest BCUT2D eigenvalue weighted by molar-refractivity contribution is 7.93. The molecule has 4 aliphatic rings. The van der Waals surface area contributed by atoms with Gasteiger partial charge in [-0.3, -0.25) is 39.5 Å². The molecule has 20 atom stereocenters. The number of rotatable bonds is 44. The summed E-state index contributed by atoms with van der Waals surface area (Å²) in [7, 11) is -29.3. The highest BCUT2D eigenvalue weighted by atomic mass is 32.3. The molecule has 91 heavy (non-hydrogen) atoms. The van der Waals surface area contributed by atoms with Crippen LogP contribution >= 0.6 is 73.8 Å². The van der Waals surface area contributed by atoms with E-state index in [9.17, 15) is 84.7 Å². The van der Waals surface area contributed by atoms with Gasteiger partial charge in [-0.05, 0) is 6.92 Å². The molecule has 0 radical (unpaired) electrons. The Bertz CT molecular complexity index is 2780. The Kier molecular flexibility index (Phi) is 35.5. The monoisotopic (exact) mass is 1570 g/mol. The van der Waals surface area contributed by atoms with Crippen LogP contribution in [-0.4, -0.2) is 254 Å². The van der Waals surface area contributed by atoms with E-state index < -0.39 is 224 Å². The zero-order chi connectivity index (χ0) is 68.1. The smallest absolute Gasteiger partial charge is 0.397 e. The molecule has 4 saturated heterocycles. The maximum Gasteiger partial charge on any atom is 0.397 e. The minimum absolute atomic E-state index is 0.190. The van der Waals surface area contributed by atoms with E-state index in [0.29, 0.717) is 0 Å². The van der Waals surface area contributed by atoms with Gasteiger partial charge in [-0.2, -0.15) is 42.1 Å². The Labute approximate surface area is 530 Å². The molecule has 0 aliphatic carbocycles. The fourth-order valence-corrected chi connectivity index (χ4v) is 12.3. The lowest BCUT2D eigenvalue weighted by Crippen LogP contribution is -2.70. The summed E-state index contributed by atoms with van der Waals surface area (Å²) in [6, 6.07) is -4.56. The molecular formula is C25H42N2O53S11. The first-order valence-corrected chi connectivity index (χ1v) is 32.8. The summed E-state index contributed by atoms with van der Waals surface area (Å²) in [6.45, 7) is -2.46. The third-order valence-corrected chi connectivity index (χ3v) is 15.6. The average Bonchev–Trinajstić information content (AvgIpc) is 0.770. The largest absolute Gasteiger partial charge is 0.479 e. The van der Waals surface area contributed by atoms with Gasteiger partial charge >= 0.3 is 63.9 Å². The van der Waals surface area contributed by atoms with Crippen LogP contribution < -0.4 is 9.44 Å². The molecule has 66 heteroatoms. The van der Waals surface area contributed by atoms with Crippen molar-refractivity contribution in [3.63, 3.8) is 0 Å². The highest BCUT2D eigenvalue weighted by Gasteiger charge is 2.61. The topological polar surface area (TPSA) is 750 Å². The first kappa shape index (κ1) is 82.6. The van der Waals surface area contributed by atoms with E-state index in [1.165, 1.54) is 0 Å². The molecule has 4 heterocycles. The van der Waals surface area contributed by atoms with E-state index in [0.717, 1.165) is 6.92 Å². The lowest BCUT2D eigenvalue weighted by atomic mass is 9.93. The number of hydrogen-bond acceptors (Lipinski definition) is 54. The average molecular weight is 1570 g/mol. The van der Waals surface area contributed by atoms with Crippen molar-refractivity contribution in [2.75, 3.05) is 13.2 Å². The molecular weight excluding hydrogens is 1530 g/mol. The fourth-order valence-electron chi connectivity index (χ4n) is 7.82. The maximum atomic E-state index is 13.5. The van der Waals surface area contributed by atoms with E-state index in [1.807, 2.05) is 0 Å². The number of nitrogens with one attached hydrogen (secondary N) is 2. The van der Waals surface area contributed by atoms with Crippen LogP contribution in [0.5, 0.6) is 0 Å². The Balaban J connectivity index is 2.02. The van der Waals surface area contributed by atoms with Gasteiger partial charge in [0.1, 0.15) is 104 Å². The van der Waals surface area contributed by atoms with Crippen molar-refractivity contribution in [2.24, 2.45) is 0 Å². The van der Waals surface area contributed by atoms with Gasteiger partial charge < -0.3 is 43.4 Å². The molecule has 0 saturated carbocycles. The summed E-state index contributed by atoms with van der Waals surface area (Å²) < 4.78 is 285. The first-order chi connectivity index (χ1) is 42.6. The highest BCUT2D eigenvalue weighted by Crippen LogP contribution is 2.42. The Hall–Kier alpha value is -0.850. The van der Waals surface area contributed by atoms with Crippen molar-refractivity contribution in [3.8, 4) is 0 Å². The van der Waals surface area contributed by atoms with Crippen molar-refractivity contribution < 1.29 is 243 Å². The van der Waals surface area contributed by atoms with E-state index in [-0.39, 0.29) is 49.1 Å². The van der Waals surface area contributed by atoms with Gasteiger partial charge in [-0.25, -0.2) is 71.5 Å². The minimum atomic E-state index is -6.18. The van der Waals surface area contributed by atoms with Crippen LogP contribution in [0.2, 0.25) is 0 Å².